The highest BCUT2D eigenvalue weighted by Crippen LogP contribution is 2.35. The Morgan fingerprint density at radius 2 is 1.90 bits per heavy atom. The molecule has 31 heavy (non-hydrogen) atoms. The number of methoxy groups -OCH3 is 1. The Morgan fingerprint density at radius 1 is 1.10 bits per heavy atom. The summed E-state index contributed by atoms with van der Waals surface area (Å²) < 4.78 is 10.7. The van der Waals surface area contributed by atoms with E-state index in [1.165, 1.54) is 0 Å². The maximum atomic E-state index is 12.5. The van der Waals surface area contributed by atoms with Crippen molar-refractivity contribution in [2.24, 2.45) is 0 Å². The first-order valence-electron chi connectivity index (χ1n) is 9.76. The minimum atomic E-state index is -0.158. The van der Waals surface area contributed by atoms with Crippen LogP contribution in [0, 0.1) is 0 Å². The van der Waals surface area contributed by atoms with Gasteiger partial charge in [0, 0.05) is 10.7 Å². The molecule has 3 aromatic carbocycles. The van der Waals surface area contributed by atoms with E-state index in [0.29, 0.717) is 28.7 Å². The number of nitrogens with one attached hydrogen (secondary N) is 1. The number of hydrogen-bond donors (Lipinski definition) is 1. The number of fused-ring (bicyclic) bond motifs is 1. The molecule has 0 saturated heterocycles. The summed E-state index contributed by atoms with van der Waals surface area (Å²) in [6.45, 7) is 0.329. The third-order valence-corrected chi connectivity index (χ3v) is 5.17. The average Bonchev–Trinajstić information content (AvgIpc) is 2.76. The van der Waals surface area contributed by atoms with Gasteiger partial charge in [0.05, 0.1) is 25.8 Å². The molecular weight excluding hydrogens is 416 g/mol. The lowest BCUT2D eigenvalue weighted by atomic mass is 10.1. The van der Waals surface area contributed by atoms with Gasteiger partial charge in [0.25, 0.3) is 5.91 Å². The highest BCUT2D eigenvalue weighted by molar-refractivity contribution is 6.30. The van der Waals surface area contributed by atoms with E-state index in [0.717, 1.165) is 16.9 Å². The fourth-order valence-corrected chi connectivity index (χ4v) is 3.62. The van der Waals surface area contributed by atoms with Crippen LogP contribution >= 0.6 is 11.6 Å². The molecule has 0 radical (unpaired) electrons. The maximum Gasteiger partial charge on any atom is 0.265 e. The predicted octanol–water partition coefficient (Wildman–Crippen LogP) is 4.46. The van der Waals surface area contributed by atoms with Gasteiger partial charge < -0.3 is 19.7 Å². The van der Waals surface area contributed by atoms with Crippen LogP contribution in [-0.4, -0.2) is 25.5 Å². The van der Waals surface area contributed by atoms with Gasteiger partial charge >= 0.3 is 0 Å². The molecule has 0 atom stereocenters. The van der Waals surface area contributed by atoms with Crippen LogP contribution in [0.5, 0.6) is 11.5 Å². The minimum absolute atomic E-state index is 0.0310. The predicted molar refractivity (Wildman–Crippen MR) is 120 cm³/mol. The molecule has 2 amide bonds. The standard InChI is InChI=1S/C24H21ClN2O4/c1-30-20-8-5-16(6-9-20)12-23(28)26-19-7-10-22-21(13-19)27(24(29)15-31-22)14-17-3-2-4-18(25)11-17/h2-11,13H,12,14-15H2,1H3,(H,26,28). The fourth-order valence-electron chi connectivity index (χ4n) is 3.41. The van der Waals surface area contributed by atoms with E-state index in [1.54, 1.807) is 36.3 Å². The molecule has 1 N–H and O–H groups in total. The average molecular weight is 437 g/mol. The Labute approximate surface area is 185 Å². The maximum absolute atomic E-state index is 12.5. The van der Waals surface area contributed by atoms with Crippen LogP contribution in [0.25, 0.3) is 0 Å². The second-order valence-corrected chi connectivity index (χ2v) is 7.59. The summed E-state index contributed by atoms with van der Waals surface area (Å²) in [5, 5.41) is 3.50. The lowest BCUT2D eigenvalue weighted by Crippen LogP contribution is -2.38. The van der Waals surface area contributed by atoms with Crippen molar-refractivity contribution in [1.29, 1.82) is 0 Å². The Balaban J connectivity index is 1.51. The van der Waals surface area contributed by atoms with Gasteiger partial charge in [-0.3, -0.25) is 9.59 Å². The first-order valence-corrected chi connectivity index (χ1v) is 10.1. The Morgan fingerprint density at radius 3 is 2.65 bits per heavy atom. The number of nitrogens with zero attached hydrogens (tertiary/aromatic N) is 1. The number of benzene rings is 3. The van der Waals surface area contributed by atoms with E-state index in [-0.39, 0.29) is 24.8 Å². The van der Waals surface area contributed by atoms with Crippen molar-refractivity contribution in [3.05, 3.63) is 82.9 Å². The molecule has 1 heterocycles. The van der Waals surface area contributed by atoms with Crippen LogP contribution in [0.15, 0.2) is 66.7 Å². The second kappa shape index (κ2) is 9.10. The van der Waals surface area contributed by atoms with Crippen LogP contribution < -0.4 is 19.7 Å². The van der Waals surface area contributed by atoms with E-state index in [1.807, 2.05) is 42.5 Å². The van der Waals surface area contributed by atoms with Gasteiger partial charge in [0.2, 0.25) is 5.91 Å². The quantitative estimate of drug-likeness (QED) is 0.619. The number of anilines is 2. The molecule has 4 rings (SSSR count). The van der Waals surface area contributed by atoms with Crippen molar-refractivity contribution >= 4 is 34.8 Å². The van der Waals surface area contributed by atoms with Crippen LogP contribution in [0.3, 0.4) is 0 Å². The van der Waals surface area contributed by atoms with Crippen molar-refractivity contribution in [1.82, 2.24) is 0 Å². The van der Waals surface area contributed by atoms with E-state index in [2.05, 4.69) is 5.32 Å². The summed E-state index contributed by atoms with van der Waals surface area (Å²) >= 11 is 6.08. The van der Waals surface area contributed by atoms with Crippen molar-refractivity contribution in [3.63, 3.8) is 0 Å². The molecule has 0 saturated carbocycles. The topological polar surface area (TPSA) is 67.9 Å². The number of amides is 2. The molecule has 158 valence electrons. The third-order valence-electron chi connectivity index (χ3n) is 4.94. The van der Waals surface area contributed by atoms with Gasteiger partial charge in [-0.1, -0.05) is 35.9 Å². The Bertz CT molecular complexity index is 1110. The number of hydrogen-bond acceptors (Lipinski definition) is 4. The van der Waals surface area contributed by atoms with Crippen LogP contribution in [0.1, 0.15) is 11.1 Å². The van der Waals surface area contributed by atoms with Gasteiger partial charge in [0.15, 0.2) is 6.61 Å². The molecule has 0 bridgehead atoms. The van der Waals surface area contributed by atoms with Crippen LogP contribution in [-0.2, 0) is 22.6 Å². The summed E-state index contributed by atoms with van der Waals surface area (Å²) in [4.78, 5) is 26.7. The number of carbonyl (C=O) groups excluding carboxylic acids is 2. The monoisotopic (exact) mass is 436 g/mol. The lowest BCUT2D eigenvalue weighted by molar-refractivity contribution is -0.121. The molecule has 3 aromatic rings. The summed E-state index contributed by atoms with van der Waals surface area (Å²) in [7, 11) is 1.60. The smallest absolute Gasteiger partial charge is 0.265 e. The summed E-state index contributed by atoms with van der Waals surface area (Å²) in [5.74, 6) is 1.02. The number of carbonyl (C=O) groups is 2. The minimum Gasteiger partial charge on any atom is -0.497 e. The summed E-state index contributed by atoms with van der Waals surface area (Å²) in [5.41, 5.74) is 2.98. The molecule has 1 aliphatic heterocycles. The van der Waals surface area contributed by atoms with Crippen LogP contribution in [0.2, 0.25) is 5.02 Å². The zero-order chi connectivity index (χ0) is 21.8. The van der Waals surface area contributed by atoms with Crippen LogP contribution in [0.4, 0.5) is 11.4 Å². The normalized spacial score (nSPS) is 12.7. The van der Waals surface area contributed by atoms with Crippen molar-refractivity contribution in [2.45, 2.75) is 13.0 Å². The Hall–Kier alpha value is -3.51. The number of rotatable bonds is 6. The highest BCUT2D eigenvalue weighted by atomic mass is 35.5. The van der Waals surface area contributed by atoms with E-state index < -0.39 is 0 Å². The molecule has 1 aliphatic rings. The SMILES string of the molecule is COc1ccc(CC(=O)Nc2ccc3c(c2)N(Cc2cccc(Cl)c2)C(=O)CO3)cc1. The zero-order valence-electron chi connectivity index (χ0n) is 16.9. The van der Waals surface area contributed by atoms with Gasteiger partial charge in [-0.25, -0.2) is 0 Å². The Kier molecular flexibility index (Phi) is 6.09. The van der Waals surface area contributed by atoms with Gasteiger partial charge in [-0.15, -0.1) is 0 Å². The van der Waals surface area contributed by atoms with Gasteiger partial charge in [-0.05, 0) is 53.6 Å². The summed E-state index contributed by atoms with van der Waals surface area (Å²) in [6.07, 6.45) is 0.225. The highest BCUT2D eigenvalue weighted by Gasteiger charge is 2.26. The lowest BCUT2D eigenvalue weighted by Gasteiger charge is -2.30. The fraction of sp³-hybridized carbons (Fsp3) is 0.167. The van der Waals surface area contributed by atoms with E-state index in [9.17, 15) is 9.59 Å². The molecule has 0 unspecified atom stereocenters. The first-order chi connectivity index (χ1) is 15.0. The molecule has 0 spiro atoms. The molecule has 0 fully saturated rings. The molecule has 0 aromatic heterocycles. The zero-order valence-corrected chi connectivity index (χ0v) is 17.7. The van der Waals surface area contributed by atoms with Gasteiger partial charge in [0.1, 0.15) is 11.5 Å². The second-order valence-electron chi connectivity index (χ2n) is 7.15. The van der Waals surface area contributed by atoms with Crippen molar-refractivity contribution in [3.8, 4) is 11.5 Å². The molecule has 7 heteroatoms. The van der Waals surface area contributed by atoms with Gasteiger partial charge in [-0.2, -0.15) is 0 Å². The molecule has 0 aliphatic carbocycles. The van der Waals surface area contributed by atoms with E-state index >= 15 is 0 Å². The number of ether oxygens (including phenoxy) is 2. The third kappa shape index (κ3) is 4.98. The van der Waals surface area contributed by atoms with Crippen molar-refractivity contribution < 1.29 is 19.1 Å². The largest absolute Gasteiger partial charge is 0.497 e. The molecular formula is C24H21ClN2O4. The number of halogens is 1. The summed E-state index contributed by atoms with van der Waals surface area (Å²) in [6, 6.07) is 20.0. The molecule has 6 nitrogen and oxygen atoms in total. The van der Waals surface area contributed by atoms with E-state index in [4.69, 9.17) is 21.1 Å². The first kappa shape index (κ1) is 20.8. The van der Waals surface area contributed by atoms with Crippen molar-refractivity contribution in [2.75, 3.05) is 23.9 Å².